The smallest absolute Gasteiger partial charge is 0.330 e. The van der Waals surface area contributed by atoms with Gasteiger partial charge in [-0.05, 0) is 43.5 Å². The summed E-state index contributed by atoms with van der Waals surface area (Å²) < 4.78 is 4.83. The van der Waals surface area contributed by atoms with Gasteiger partial charge in [0.1, 0.15) is 0 Å². The molecule has 1 amide bonds. The lowest BCUT2D eigenvalue weighted by molar-refractivity contribution is -0.137. The molecule has 1 rings (SSSR count). The van der Waals surface area contributed by atoms with Crippen LogP contribution in [0.5, 0.6) is 0 Å². The van der Waals surface area contributed by atoms with Crippen LogP contribution < -0.4 is 5.32 Å². The van der Waals surface area contributed by atoms with Crippen LogP contribution >= 0.6 is 0 Å². The van der Waals surface area contributed by atoms with E-state index in [2.05, 4.69) is 12.2 Å². The summed E-state index contributed by atoms with van der Waals surface area (Å²) in [6.07, 6.45) is 7.05. The maximum Gasteiger partial charge on any atom is 0.330 e. The van der Waals surface area contributed by atoms with Crippen molar-refractivity contribution >= 4 is 23.6 Å². The quantitative estimate of drug-likeness (QED) is 0.542. The number of unbranched alkanes of at least 4 members (excludes halogenated alkanes) is 1. The van der Waals surface area contributed by atoms with E-state index in [0.717, 1.165) is 36.9 Å². The maximum absolute atomic E-state index is 12.2. The number of nitrogens with one attached hydrogen (secondary N) is 1. The van der Waals surface area contributed by atoms with E-state index >= 15 is 0 Å². The Morgan fingerprint density at radius 3 is 2.43 bits per heavy atom. The standard InChI is InChI=1S/C19H27NO3/c1-4-7-8-16(5-2)19(22)20-17-12-9-15(10-13-17)11-14-18(21)23-6-3/h9-14,16H,4-8H2,1-3H3,(H,20,22)/b14-11+. The topological polar surface area (TPSA) is 55.4 Å². The Labute approximate surface area is 138 Å². The highest BCUT2D eigenvalue weighted by atomic mass is 16.5. The van der Waals surface area contributed by atoms with Gasteiger partial charge in [-0.1, -0.05) is 38.8 Å². The summed E-state index contributed by atoms with van der Waals surface area (Å²) in [6.45, 7) is 6.31. The van der Waals surface area contributed by atoms with Crippen LogP contribution in [0.1, 0.15) is 52.0 Å². The number of amides is 1. The van der Waals surface area contributed by atoms with E-state index in [4.69, 9.17) is 4.74 Å². The van der Waals surface area contributed by atoms with Crippen LogP contribution in [0.2, 0.25) is 0 Å². The van der Waals surface area contributed by atoms with Crippen molar-refractivity contribution in [3.05, 3.63) is 35.9 Å². The van der Waals surface area contributed by atoms with Gasteiger partial charge in [0.25, 0.3) is 0 Å². The molecule has 1 aromatic rings. The van der Waals surface area contributed by atoms with Crippen molar-refractivity contribution in [3.63, 3.8) is 0 Å². The molecule has 0 aliphatic carbocycles. The summed E-state index contributed by atoms with van der Waals surface area (Å²) in [5.74, 6) is -0.208. The molecule has 1 unspecified atom stereocenters. The number of esters is 1. The van der Waals surface area contributed by atoms with Gasteiger partial charge in [0, 0.05) is 17.7 Å². The van der Waals surface area contributed by atoms with Crippen LogP contribution in [-0.2, 0) is 14.3 Å². The minimum absolute atomic E-state index is 0.0679. The van der Waals surface area contributed by atoms with Gasteiger partial charge >= 0.3 is 5.97 Å². The van der Waals surface area contributed by atoms with Crippen molar-refractivity contribution < 1.29 is 14.3 Å². The number of ether oxygens (including phenoxy) is 1. The number of carbonyl (C=O) groups is 2. The van der Waals surface area contributed by atoms with Gasteiger partial charge in [-0.15, -0.1) is 0 Å². The van der Waals surface area contributed by atoms with E-state index in [1.165, 1.54) is 6.08 Å². The van der Waals surface area contributed by atoms with Gasteiger partial charge in [0.2, 0.25) is 5.91 Å². The molecular formula is C19H27NO3. The Balaban J connectivity index is 2.59. The fraction of sp³-hybridized carbons (Fsp3) is 0.474. The molecule has 1 N–H and O–H groups in total. The van der Waals surface area contributed by atoms with Gasteiger partial charge < -0.3 is 10.1 Å². The van der Waals surface area contributed by atoms with Crippen LogP contribution in [-0.4, -0.2) is 18.5 Å². The summed E-state index contributed by atoms with van der Waals surface area (Å²) in [5.41, 5.74) is 1.66. The first-order chi connectivity index (χ1) is 11.1. The molecule has 0 saturated carbocycles. The Morgan fingerprint density at radius 1 is 1.17 bits per heavy atom. The molecule has 1 atom stereocenters. The zero-order chi connectivity index (χ0) is 17.1. The monoisotopic (exact) mass is 317 g/mol. The maximum atomic E-state index is 12.2. The average molecular weight is 317 g/mol. The van der Waals surface area contributed by atoms with E-state index in [-0.39, 0.29) is 17.8 Å². The predicted octanol–water partition coefficient (Wildman–Crippen LogP) is 4.42. The van der Waals surface area contributed by atoms with Gasteiger partial charge in [0.15, 0.2) is 0 Å². The summed E-state index contributed by atoms with van der Waals surface area (Å²) in [6, 6.07) is 7.40. The van der Waals surface area contributed by atoms with Crippen LogP contribution in [0.25, 0.3) is 6.08 Å². The molecule has 0 aliphatic heterocycles. The van der Waals surface area contributed by atoms with E-state index in [9.17, 15) is 9.59 Å². The third kappa shape index (κ3) is 7.13. The highest BCUT2D eigenvalue weighted by molar-refractivity contribution is 5.92. The fourth-order valence-electron chi connectivity index (χ4n) is 2.25. The molecule has 0 bridgehead atoms. The highest BCUT2D eigenvalue weighted by Crippen LogP contribution is 2.17. The molecule has 1 aromatic carbocycles. The Hall–Kier alpha value is -2.10. The molecule has 0 aromatic heterocycles. The molecule has 0 aliphatic rings. The normalized spacial score (nSPS) is 12.1. The number of hydrogen-bond donors (Lipinski definition) is 1. The molecule has 0 heterocycles. The van der Waals surface area contributed by atoms with Crippen molar-refractivity contribution in [3.8, 4) is 0 Å². The molecule has 0 radical (unpaired) electrons. The molecule has 4 nitrogen and oxygen atoms in total. The largest absolute Gasteiger partial charge is 0.463 e. The van der Waals surface area contributed by atoms with Crippen molar-refractivity contribution in [1.82, 2.24) is 0 Å². The second-order valence-electron chi connectivity index (χ2n) is 5.44. The van der Waals surface area contributed by atoms with Crippen molar-refractivity contribution in [2.45, 2.75) is 46.5 Å². The lowest BCUT2D eigenvalue weighted by Gasteiger charge is -2.14. The van der Waals surface area contributed by atoms with Crippen LogP contribution in [0.15, 0.2) is 30.3 Å². The zero-order valence-electron chi connectivity index (χ0n) is 14.3. The average Bonchev–Trinajstić information content (AvgIpc) is 2.55. The number of anilines is 1. The molecule has 0 saturated heterocycles. The molecule has 23 heavy (non-hydrogen) atoms. The Kier molecular flexibility index (Phi) is 8.73. The molecule has 4 heteroatoms. The van der Waals surface area contributed by atoms with Crippen molar-refractivity contribution in [1.29, 1.82) is 0 Å². The summed E-state index contributed by atoms with van der Waals surface area (Å²) in [7, 11) is 0. The number of benzene rings is 1. The van der Waals surface area contributed by atoms with Gasteiger partial charge in [-0.25, -0.2) is 4.79 Å². The first-order valence-electron chi connectivity index (χ1n) is 8.36. The summed E-state index contributed by atoms with van der Waals surface area (Å²) in [4.78, 5) is 23.5. The minimum Gasteiger partial charge on any atom is -0.463 e. The highest BCUT2D eigenvalue weighted by Gasteiger charge is 2.15. The van der Waals surface area contributed by atoms with Crippen LogP contribution in [0.3, 0.4) is 0 Å². The predicted molar refractivity (Wildman–Crippen MR) is 94.0 cm³/mol. The zero-order valence-corrected chi connectivity index (χ0v) is 14.3. The van der Waals surface area contributed by atoms with E-state index in [0.29, 0.717) is 6.61 Å². The Bertz CT molecular complexity index is 520. The SMILES string of the molecule is CCCCC(CC)C(=O)Nc1ccc(/C=C/C(=O)OCC)cc1. The van der Waals surface area contributed by atoms with Gasteiger partial charge in [-0.2, -0.15) is 0 Å². The Morgan fingerprint density at radius 2 is 1.87 bits per heavy atom. The second-order valence-corrected chi connectivity index (χ2v) is 5.44. The summed E-state index contributed by atoms with van der Waals surface area (Å²) >= 11 is 0. The third-order valence-corrected chi connectivity index (χ3v) is 3.65. The molecule has 0 fully saturated rings. The minimum atomic E-state index is -0.355. The van der Waals surface area contributed by atoms with Gasteiger partial charge in [0.05, 0.1) is 6.61 Å². The van der Waals surface area contributed by atoms with Crippen molar-refractivity contribution in [2.24, 2.45) is 5.92 Å². The van der Waals surface area contributed by atoms with Crippen molar-refractivity contribution in [2.75, 3.05) is 11.9 Å². The number of rotatable bonds is 9. The summed E-state index contributed by atoms with van der Waals surface area (Å²) in [5, 5.41) is 2.96. The van der Waals surface area contributed by atoms with E-state index < -0.39 is 0 Å². The van der Waals surface area contributed by atoms with Crippen LogP contribution in [0.4, 0.5) is 5.69 Å². The lowest BCUT2D eigenvalue weighted by Crippen LogP contribution is -2.22. The first-order valence-corrected chi connectivity index (χ1v) is 8.36. The number of carbonyl (C=O) groups excluding carboxylic acids is 2. The fourth-order valence-corrected chi connectivity index (χ4v) is 2.25. The molecular weight excluding hydrogens is 290 g/mol. The molecule has 0 spiro atoms. The lowest BCUT2D eigenvalue weighted by atomic mass is 9.98. The van der Waals surface area contributed by atoms with E-state index in [1.807, 2.05) is 31.2 Å². The second kappa shape index (κ2) is 10.6. The number of hydrogen-bond acceptors (Lipinski definition) is 3. The first kappa shape index (κ1) is 18.9. The van der Waals surface area contributed by atoms with E-state index in [1.54, 1.807) is 13.0 Å². The molecule has 126 valence electrons. The van der Waals surface area contributed by atoms with Gasteiger partial charge in [-0.3, -0.25) is 4.79 Å². The van der Waals surface area contributed by atoms with Crippen LogP contribution in [0, 0.1) is 5.92 Å². The third-order valence-electron chi connectivity index (χ3n) is 3.65.